The topological polar surface area (TPSA) is 41.1 Å². The third-order valence-electron chi connectivity index (χ3n) is 3.08. The van der Waals surface area contributed by atoms with Crippen LogP contribution in [0.2, 0.25) is 5.02 Å². The maximum atomic E-state index is 12.5. The number of halogens is 2. The molecule has 2 aromatic rings. The van der Waals surface area contributed by atoms with Crippen LogP contribution in [0.25, 0.3) is 0 Å². The van der Waals surface area contributed by atoms with E-state index in [-0.39, 0.29) is 5.91 Å². The molecule has 0 aliphatic heterocycles. The minimum atomic E-state index is -0.151. The molecule has 0 heterocycles. The second-order valence-corrected chi connectivity index (χ2v) is 5.91. The molecule has 0 atom stereocenters. The maximum Gasteiger partial charge on any atom is 0.255 e. The average molecular weight is 368 g/mol. The quantitative estimate of drug-likeness (QED) is 0.835. The third-order valence-corrected chi connectivity index (χ3v) is 3.91. The van der Waals surface area contributed by atoms with Crippen LogP contribution in [0.1, 0.15) is 15.9 Å². The molecule has 5 heteroatoms. The summed E-state index contributed by atoms with van der Waals surface area (Å²) < 4.78 is 0.866. The number of amides is 1. The number of anilines is 1. The molecule has 0 fully saturated rings. The van der Waals surface area contributed by atoms with Crippen LogP contribution in [-0.2, 0) is 6.42 Å². The van der Waals surface area contributed by atoms with E-state index >= 15 is 0 Å². The number of hydrogen-bond acceptors (Lipinski definition) is 2. The Bertz CT molecular complexity index is 646. The number of rotatable bonds is 5. The van der Waals surface area contributed by atoms with Crippen LogP contribution in [-0.4, -0.2) is 19.5 Å². The van der Waals surface area contributed by atoms with E-state index < -0.39 is 0 Å². The Morgan fingerprint density at radius 2 is 2.00 bits per heavy atom. The van der Waals surface area contributed by atoms with Crippen molar-refractivity contribution in [3.05, 3.63) is 63.1 Å². The zero-order valence-electron chi connectivity index (χ0n) is 11.6. The van der Waals surface area contributed by atoms with Gasteiger partial charge in [0.1, 0.15) is 0 Å². The first-order chi connectivity index (χ1) is 10.1. The van der Waals surface area contributed by atoms with Crippen LogP contribution in [0.5, 0.6) is 0 Å². The fraction of sp³-hybridized carbons (Fsp3) is 0.188. The molecule has 0 unspecified atom stereocenters. The molecule has 0 saturated carbocycles. The molecule has 0 bridgehead atoms. The van der Waals surface area contributed by atoms with Crippen molar-refractivity contribution in [2.75, 3.05) is 18.9 Å². The van der Waals surface area contributed by atoms with E-state index in [9.17, 15) is 4.79 Å². The first-order valence-electron chi connectivity index (χ1n) is 6.60. The number of carbonyl (C=O) groups excluding carboxylic acids is 1. The van der Waals surface area contributed by atoms with Gasteiger partial charge in [0.05, 0.1) is 10.7 Å². The van der Waals surface area contributed by atoms with Gasteiger partial charge in [-0.1, -0.05) is 45.7 Å². The summed E-state index contributed by atoms with van der Waals surface area (Å²) in [6.45, 7) is 0.821. The molecule has 2 rings (SSSR count). The Morgan fingerprint density at radius 1 is 1.24 bits per heavy atom. The van der Waals surface area contributed by atoms with Crippen molar-refractivity contribution in [1.29, 1.82) is 0 Å². The molecule has 21 heavy (non-hydrogen) atoms. The van der Waals surface area contributed by atoms with Gasteiger partial charge in [-0.15, -0.1) is 0 Å². The van der Waals surface area contributed by atoms with E-state index in [2.05, 4.69) is 26.6 Å². The third kappa shape index (κ3) is 4.30. The molecule has 0 aliphatic rings. The predicted molar refractivity (Wildman–Crippen MR) is 91.2 cm³/mol. The van der Waals surface area contributed by atoms with Crippen molar-refractivity contribution in [2.45, 2.75) is 6.42 Å². The van der Waals surface area contributed by atoms with E-state index in [0.717, 1.165) is 23.0 Å². The largest absolute Gasteiger partial charge is 0.321 e. The predicted octanol–water partition coefficient (Wildman–Crippen LogP) is 4.12. The first kappa shape index (κ1) is 16.0. The van der Waals surface area contributed by atoms with E-state index in [1.165, 1.54) is 0 Å². The van der Waals surface area contributed by atoms with Crippen molar-refractivity contribution in [3.8, 4) is 0 Å². The Balaban J connectivity index is 2.22. The molecule has 0 spiro atoms. The lowest BCUT2D eigenvalue weighted by atomic mass is 10.0. The summed E-state index contributed by atoms with van der Waals surface area (Å²) in [5, 5.41) is 6.47. The zero-order chi connectivity index (χ0) is 15.2. The molecule has 110 valence electrons. The normalized spacial score (nSPS) is 10.4. The van der Waals surface area contributed by atoms with Crippen LogP contribution >= 0.6 is 27.5 Å². The monoisotopic (exact) mass is 366 g/mol. The van der Waals surface area contributed by atoms with Crippen LogP contribution in [0, 0.1) is 0 Å². The van der Waals surface area contributed by atoms with E-state index in [0.29, 0.717) is 16.3 Å². The van der Waals surface area contributed by atoms with Crippen molar-refractivity contribution in [1.82, 2.24) is 5.32 Å². The Hall–Kier alpha value is -1.36. The summed E-state index contributed by atoms with van der Waals surface area (Å²) >= 11 is 9.48. The molecular formula is C16H16BrClN2O. The lowest BCUT2D eigenvalue weighted by Crippen LogP contribution is -2.17. The SMILES string of the molecule is CNCCc1ccccc1C(=O)Nc1cc(Br)ccc1Cl. The number of likely N-dealkylation sites (N-methyl/N-ethyl adjacent to an activating group) is 1. The van der Waals surface area contributed by atoms with E-state index in [1.54, 1.807) is 12.1 Å². The highest BCUT2D eigenvalue weighted by Gasteiger charge is 2.12. The van der Waals surface area contributed by atoms with Crippen LogP contribution in [0.15, 0.2) is 46.9 Å². The van der Waals surface area contributed by atoms with Crippen molar-refractivity contribution < 1.29 is 4.79 Å². The van der Waals surface area contributed by atoms with Crippen LogP contribution in [0.3, 0.4) is 0 Å². The first-order valence-corrected chi connectivity index (χ1v) is 7.78. The molecular weight excluding hydrogens is 352 g/mol. The molecule has 0 saturated heterocycles. The zero-order valence-corrected chi connectivity index (χ0v) is 14.0. The van der Waals surface area contributed by atoms with Gasteiger partial charge in [0.15, 0.2) is 0 Å². The van der Waals surface area contributed by atoms with Crippen molar-refractivity contribution in [3.63, 3.8) is 0 Å². The second-order valence-electron chi connectivity index (χ2n) is 4.59. The summed E-state index contributed by atoms with van der Waals surface area (Å²) in [6, 6.07) is 13.0. The van der Waals surface area contributed by atoms with Crippen LogP contribution < -0.4 is 10.6 Å². The molecule has 2 aromatic carbocycles. The molecule has 0 aliphatic carbocycles. The highest BCUT2D eigenvalue weighted by atomic mass is 79.9. The lowest BCUT2D eigenvalue weighted by Gasteiger charge is -2.11. The van der Waals surface area contributed by atoms with Gasteiger partial charge in [-0.25, -0.2) is 0 Å². The summed E-state index contributed by atoms with van der Waals surface area (Å²) in [7, 11) is 1.89. The van der Waals surface area contributed by atoms with Gasteiger partial charge in [-0.2, -0.15) is 0 Å². The number of nitrogens with one attached hydrogen (secondary N) is 2. The molecule has 0 aromatic heterocycles. The highest BCUT2D eigenvalue weighted by molar-refractivity contribution is 9.10. The van der Waals surface area contributed by atoms with Gasteiger partial charge in [0, 0.05) is 10.0 Å². The fourth-order valence-corrected chi connectivity index (χ4v) is 2.53. The Kier molecular flexibility index (Phi) is 5.79. The van der Waals surface area contributed by atoms with Gasteiger partial charge < -0.3 is 10.6 Å². The summed E-state index contributed by atoms with van der Waals surface area (Å²) in [6.07, 6.45) is 0.798. The molecule has 0 radical (unpaired) electrons. The Morgan fingerprint density at radius 3 is 2.76 bits per heavy atom. The van der Waals surface area contributed by atoms with E-state index in [4.69, 9.17) is 11.6 Å². The summed E-state index contributed by atoms with van der Waals surface area (Å²) in [5.74, 6) is -0.151. The minimum absolute atomic E-state index is 0.151. The Labute approximate surface area is 137 Å². The maximum absolute atomic E-state index is 12.5. The van der Waals surface area contributed by atoms with Gasteiger partial charge in [0.2, 0.25) is 0 Å². The standard InChI is InChI=1S/C16H16BrClN2O/c1-19-9-8-11-4-2-3-5-13(11)16(21)20-15-10-12(17)6-7-14(15)18/h2-7,10,19H,8-9H2,1H3,(H,20,21). The number of benzene rings is 2. The summed E-state index contributed by atoms with van der Waals surface area (Å²) in [4.78, 5) is 12.5. The van der Waals surface area contributed by atoms with Gasteiger partial charge in [0.25, 0.3) is 5.91 Å². The highest BCUT2D eigenvalue weighted by Crippen LogP contribution is 2.26. The van der Waals surface area contributed by atoms with Crippen molar-refractivity contribution >= 4 is 39.1 Å². The minimum Gasteiger partial charge on any atom is -0.321 e. The fourth-order valence-electron chi connectivity index (χ4n) is 2.00. The van der Waals surface area contributed by atoms with Gasteiger partial charge >= 0.3 is 0 Å². The number of carbonyl (C=O) groups is 1. The lowest BCUT2D eigenvalue weighted by molar-refractivity contribution is 0.102. The molecule has 3 nitrogen and oxygen atoms in total. The van der Waals surface area contributed by atoms with Crippen molar-refractivity contribution in [2.24, 2.45) is 0 Å². The van der Waals surface area contributed by atoms with E-state index in [1.807, 2.05) is 37.4 Å². The number of hydrogen-bond donors (Lipinski definition) is 2. The smallest absolute Gasteiger partial charge is 0.255 e. The summed E-state index contributed by atoms with van der Waals surface area (Å²) in [5.41, 5.74) is 2.28. The molecule has 2 N–H and O–H groups in total. The molecule has 1 amide bonds. The average Bonchev–Trinajstić information content (AvgIpc) is 2.49. The second kappa shape index (κ2) is 7.59. The van der Waals surface area contributed by atoms with Gasteiger partial charge in [-0.3, -0.25) is 4.79 Å². The van der Waals surface area contributed by atoms with Gasteiger partial charge in [-0.05, 0) is 49.8 Å². The van der Waals surface area contributed by atoms with Crippen LogP contribution in [0.4, 0.5) is 5.69 Å².